The Kier molecular flexibility index (Phi) is 3.60. The van der Waals surface area contributed by atoms with E-state index in [1.807, 2.05) is 11.9 Å². The number of aromatic nitrogens is 1. The molecule has 0 saturated carbocycles. The zero-order valence-electron chi connectivity index (χ0n) is 11.8. The summed E-state index contributed by atoms with van der Waals surface area (Å²) < 4.78 is 5.15. The van der Waals surface area contributed by atoms with Gasteiger partial charge in [0, 0.05) is 18.8 Å². The molecule has 4 nitrogen and oxygen atoms in total. The first-order valence-electron chi connectivity index (χ1n) is 6.14. The van der Waals surface area contributed by atoms with Gasteiger partial charge in [-0.15, -0.1) is 0 Å². The molecule has 0 amide bonds. The summed E-state index contributed by atoms with van der Waals surface area (Å²) in [4.78, 5) is 6.38. The second-order valence-electron chi connectivity index (χ2n) is 4.67. The first-order valence-corrected chi connectivity index (χ1v) is 6.14. The van der Waals surface area contributed by atoms with Gasteiger partial charge in [0.05, 0.1) is 12.8 Å². The van der Waals surface area contributed by atoms with Gasteiger partial charge in [-0.3, -0.25) is 0 Å². The SMILES string of the molecule is COc1ccc(N)c(N(C)c2cc(C)cc(C)c2)n1. The van der Waals surface area contributed by atoms with Crippen LogP contribution in [0, 0.1) is 13.8 Å². The van der Waals surface area contributed by atoms with Crippen molar-refractivity contribution < 1.29 is 4.74 Å². The van der Waals surface area contributed by atoms with Gasteiger partial charge in [-0.05, 0) is 43.2 Å². The van der Waals surface area contributed by atoms with Crippen LogP contribution in [0.1, 0.15) is 11.1 Å². The monoisotopic (exact) mass is 257 g/mol. The van der Waals surface area contributed by atoms with Crippen molar-refractivity contribution in [2.24, 2.45) is 0 Å². The summed E-state index contributed by atoms with van der Waals surface area (Å²) in [6, 6.07) is 9.91. The molecule has 4 heteroatoms. The number of hydrogen-bond donors (Lipinski definition) is 1. The predicted molar refractivity (Wildman–Crippen MR) is 79.2 cm³/mol. The van der Waals surface area contributed by atoms with Crippen molar-refractivity contribution in [1.29, 1.82) is 0 Å². The third-order valence-electron chi connectivity index (χ3n) is 3.00. The van der Waals surface area contributed by atoms with Gasteiger partial charge in [-0.25, -0.2) is 0 Å². The highest BCUT2D eigenvalue weighted by atomic mass is 16.5. The number of ether oxygens (including phenoxy) is 1. The molecule has 0 fully saturated rings. The standard InChI is InChI=1S/C15H19N3O/c1-10-7-11(2)9-12(8-10)18(3)15-13(16)5-6-14(17-15)19-4/h5-9H,16H2,1-4H3. The van der Waals surface area contributed by atoms with Crippen molar-refractivity contribution >= 4 is 17.2 Å². The molecule has 0 radical (unpaired) electrons. The first kappa shape index (κ1) is 13.2. The molecule has 19 heavy (non-hydrogen) atoms. The normalized spacial score (nSPS) is 10.3. The van der Waals surface area contributed by atoms with E-state index in [-0.39, 0.29) is 0 Å². The smallest absolute Gasteiger partial charge is 0.215 e. The number of pyridine rings is 1. The molecule has 0 spiro atoms. The third kappa shape index (κ3) is 2.78. The van der Waals surface area contributed by atoms with Crippen LogP contribution in [-0.2, 0) is 0 Å². The van der Waals surface area contributed by atoms with Gasteiger partial charge < -0.3 is 15.4 Å². The number of rotatable bonds is 3. The summed E-state index contributed by atoms with van der Waals surface area (Å²) in [6.07, 6.45) is 0. The maximum absolute atomic E-state index is 6.00. The molecule has 0 unspecified atom stereocenters. The summed E-state index contributed by atoms with van der Waals surface area (Å²) >= 11 is 0. The zero-order chi connectivity index (χ0) is 14.0. The van der Waals surface area contributed by atoms with Crippen LogP contribution in [-0.4, -0.2) is 19.1 Å². The van der Waals surface area contributed by atoms with E-state index in [2.05, 4.69) is 37.0 Å². The van der Waals surface area contributed by atoms with Crippen LogP contribution in [0.5, 0.6) is 5.88 Å². The number of nitrogens with two attached hydrogens (primary N) is 1. The zero-order valence-corrected chi connectivity index (χ0v) is 11.8. The molecule has 0 aliphatic heterocycles. The average Bonchev–Trinajstić information content (AvgIpc) is 2.37. The molecule has 0 aliphatic rings. The van der Waals surface area contributed by atoms with E-state index in [1.54, 1.807) is 19.2 Å². The Morgan fingerprint density at radius 2 is 1.74 bits per heavy atom. The van der Waals surface area contributed by atoms with Crippen molar-refractivity contribution in [2.75, 3.05) is 24.8 Å². The number of nitrogens with zero attached hydrogens (tertiary/aromatic N) is 2. The van der Waals surface area contributed by atoms with Crippen molar-refractivity contribution in [2.45, 2.75) is 13.8 Å². The molecular weight excluding hydrogens is 238 g/mol. The maximum atomic E-state index is 6.00. The summed E-state index contributed by atoms with van der Waals surface area (Å²) in [6.45, 7) is 4.15. The molecule has 2 aromatic rings. The number of nitrogen functional groups attached to an aromatic ring is 1. The molecule has 0 saturated heterocycles. The summed E-state index contributed by atoms with van der Waals surface area (Å²) in [5, 5.41) is 0. The minimum Gasteiger partial charge on any atom is -0.481 e. The highest BCUT2D eigenvalue weighted by Crippen LogP contribution is 2.29. The fourth-order valence-electron chi connectivity index (χ4n) is 2.09. The number of benzene rings is 1. The molecule has 0 bridgehead atoms. The van der Waals surface area contributed by atoms with Crippen LogP contribution in [0.15, 0.2) is 30.3 Å². The third-order valence-corrected chi connectivity index (χ3v) is 3.00. The maximum Gasteiger partial charge on any atom is 0.215 e. The molecule has 1 aromatic heterocycles. The molecular formula is C15H19N3O. The second-order valence-corrected chi connectivity index (χ2v) is 4.67. The largest absolute Gasteiger partial charge is 0.481 e. The van der Waals surface area contributed by atoms with E-state index in [1.165, 1.54) is 11.1 Å². The van der Waals surface area contributed by atoms with Crippen LogP contribution in [0.25, 0.3) is 0 Å². The van der Waals surface area contributed by atoms with Gasteiger partial charge in [0.2, 0.25) is 5.88 Å². The Bertz CT molecular complexity index is 576. The van der Waals surface area contributed by atoms with Gasteiger partial charge in [-0.1, -0.05) is 6.07 Å². The predicted octanol–water partition coefficient (Wildman–Crippen LogP) is 3.06. The van der Waals surface area contributed by atoms with Crippen molar-refractivity contribution in [3.63, 3.8) is 0 Å². The van der Waals surface area contributed by atoms with Crippen LogP contribution >= 0.6 is 0 Å². The Labute approximate surface area is 113 Å². The van der Waals surface area contributed by atoms with Crippen molar-refractivity contribution in [3.05, 3.63) is 41.5 Å². The molecule has 2 N–H and O–H groups in total. The molecule has 2 rings (SSSR count). The quantitative estimate of drug-likeness (QED) is 0.918. The van der Waals surface area contributed by atoms with Crippen LogP contribution in [0.4, 0.5) is 17.2 Å². The Balaban J connectivity index is 2.45. The second kappa shape index (κ2) is 5.18. The van der Waals surface area contributed by atoms with E-state index in [9.17, 15) is 0 Å². The van der Waals surface area contributed by atoms with Crippen molar-refractivity contribution in [1.82, 2.24) is 4.98 Å². The lowest BCUT2D eigenvalue weighted by Crippen LogP contribution is -2.14. The summed E-state index contributed by atoms with van der Waals surface area (Å²) in [5.41, 5.74) is 10.1. The fourth-order valence-corrected chi connectivity index (χ4v) is 2.09. The van der Waals surface area contributed by atoms with Gasteiger partial charge in [0.25, 0.3) is 0 Å². The van der Waals surface area contributed by atoms with Gasteiger partial charge >= 0.3 is 0 Å². The van der Waals surface area contributed by atoms with Crippen LogP contribution < -0.4 is 15.4 Å². The van der Waals surface area contributed by atoms with Gasteiger partial charge in [0.15, 0.2) is 5.82 Å². The lowest BCUT2D eigenvalue weighted by molar-refractivity contribution is 0.398. The number of anilines is 3. The lowest BCUT2D eigenvalue weighted by Gasteiger charge is -2.21. The van der Waals surface area contributed by atoms with Gasteiger partial charge in [-0.2, -0.15) is 4.98 Å². The minimum absolute atomic E-state index is 0.556. The number of methoxy groups -OCH3 is 1. The molecule has 0 aliphatic carbocycles. The molecule has 100 valence electrons. The lowest BCUT2D eigenvalue weighted by atomic mass is 10.1. The Hall–Kier alpha value is -2.23. The van der Waals surface area contributed by atoms with E-state index in [0.29, 0.717) is 17.4 Å². The summed E-state index contributed by atoms with van der Waals surface area (Å²) in [5.74, 6) is 1.25. The van der Waals surface area contributed by atoms with E-state index in [0.717, 1.165) is 5.69 Å². The van der Waals surface area contributed by atoms with Crippen LogP contribution in [0.3, 0.4) is 0 Å². The summed E-state index contributed by atoms with van der Waals surface area (Å²) in [7, 11) is 3.55. The fraction of sp³-hybridized carbons (Fsp3) is 0.267. The van der Waals surface area contributed by atoms with E-state index >= 15 is 0 Å². The first-order chi connectivity index (χ1) is 9.01. The average molecular weight is 257 g/mol. The highest BCUT2D eigenvalue weighted by Gasteiger charge is 2.11. The Morgan fingerprint density at radius 1 is 1.11 bits per heavy atom. The highest BCUT2D eigenvalue weighted by molar-refractivity contribution is 5.71. The topological polar surface area (TPSA) is 51.4 Å². The minimum atomic E-state index is 0.556. The number of hydrogen-bond acceptors (Lipinski definition) is 4. The number of aryl methyl sites for hydroxylation is 2. The van der Waals surface area contributed by atoms with Gasteiger partial charge in [0.1, 0.15) is 0 Å². The molecule has 0 atom stereocenters. The Morgan fingerprint density at radius 3 is 2.32 bits per heavy atom. The molecule has 1 aromatic carbocycles. The van der Waals surface area contributed by atoms with Crippen LogP contribution in [0.2, 0.25) is 0 Å². The van der Waals surface area contributed by atoms with E-state index < -0.39 is 0 Å². The van der Waals surface area contributed by atoms with Crippen molar-refractivity contribution in [3.8, 4) is 5.88 Å². The van der Waals surface area contributed by atoms with E-state index in [4.69, 9.17) is 10.5 Å². The molecule has 1 heterocycles.